The molecule has 0 radical (unpaired) electrons. The predicted molar refractivity (Wildman–Crippen MR) is 104 cm³/mol. The summed E-state index contributed by atoms with van der Waals surface area (Å²) in [6, 6.07) is 8.30. The van der Waals surface area contributed by atoms with Crippen molar-refractivity contribution < 1.29 is 35.9 Å². The van der Waals surface area contributed by atoms with Gasteiger partial charge in [-0.3, -0.25) is 9.59 Å². The van der Waals surface area contributed by atoms with Crippen molar-refractivity contribution in [3.05, 3.63) is 76.9 Å². The van der Waals surface area contributed by atoms with Gasteiger partial charge in [-0.25, -0.2) is 0 Å². The first kappa shape index (κ1) is 23.4. The summed E-state index contributed by atoms with van der Waals surface area (Å²) < 4.78 is 75.7. The van der Waals surface area contributed by atoms with Gasteiger partial charge in [0.25, 0.3) is 5.91 Å². The monoisotopic (exact) mass is 456 g/mol. The van der Waals surface area contributed by atoms with Gasteiger partial charge >= 0.3 is 12.4 Å². The second-order valence-electron chi connectivity index (χ2n) is 7.15. The highest BCUT2D eigenvalue weighted by atomic mass is 19.4. The fraction of sp³-hybridized carbons (Fsp3) is 0.273. The molecule has 0 bridgehead atoms. The lowest BCUT2D eigenvalue weighted by Gasteiger charge is -2.34. The summed E-state index contributed by atoms with van der Waals surface area (Å²) in [6.45, 7) is 0.866. The second-order valence-corrected chi connectivity index (χ2v) is 7.15. The molecule has 1 fully saturated rings. The van der Waals surface area contributed by atoms with E-state index in [2.05, 4.69) is 0 Å². The van der Waals surface area contributed by atoms with E-state index in [-0.39, 0.29) is 37.6 Å². The number of piperazine rings is 1. The van der Waals surface area contributed by atoms with Crippen LogP contribution in [0.2, 0.25) is 0 Å². The fourth-order valence-corrected chi connectivity index (χ4v) is 3.17. The molecule has 1 saturated heterocycles. The summed E-state index contributed by atoms with van der Waals surface area (Å²) in [7, 11) is 0. The van der Waals surface area contributed by atoms with Gasteiger partial charge in [0.05, 0.1) is 11.1 Å². The lowest BCUT2D eigenvalue weighted by molar-refractivity contribution is -0.138. The zero-order valence-electron chi connectivity index (χ0n) is 16.6. The maximum atomic E-state index is 12.6. The normalized spacial score (nSPS) is 15.3. The molecule has 2 aromatic rings. The maximum Gasteiger partial charge on any atom is 0.416 e. The Bertz CT molecular complexity index is 987. The molecule has 0 spiro atoms. The lowest BCUT2D eigenvalue weighted by Crippen LogP contribution is -2.50. The minimum Gasteiger partial charge on any atom is -0.336 e. The summed E-state index contributed by atoms with van der Waals surface area (Å²) in [4.78, 5) is 27.8. The van der Waals surface area contributed by atoms with Gasteiger partial charge in [0.2, 0.25) is 5.91 Å². The third-order valence-corrected chi connectivity index (χ3v) is 4.99. The third kappa shape index (κ3) is 5.68. The topological polar surface area (TPSA) is 40.6 Å². The van der Waals surface area contributed by atoms with Crippen molar-refractivity contribution in [2.45, 2.75) is 12.4 Å². The Morgan fingerprint density at radius 2 is 1.12 bits per heavy atom. The van der Waals surface area contributed by atoms with Crippen molar-refractivity contribution >= 4 is 17.9 Å². The number of carbonyl (C=O) groups is 2. The van der Waals surface area contributed by atoms with E-state index in [1.54, 1.807) is 0 Å². The molecule has 1 aliphatic rings. The van der Waals surface area contributed by atoms with E-state index in [4.69, 9.17) is 0 Å². The number of hydrogen-bond acceptors (Lipinski definition) is 2. The number of amides is 2. The van der Waals surface area contributed by atoms with Crippen LogP contribution in [-0.2, 0) is 17.1 Å². The zero-order chi connectivity index (χ0) is 23.5. The van der Waals surface area contributed by atoms with E-state index >= 15 is 0 Å². The van der Waals surface area contributed by atoms with Crippen molar-refractivity contribution in [2.75, 3.05) is 26.2 Å². The Hall–Kier alpha value is -3.30. The number of hydrogen-bond donors (Lipinski definition) is 0. The van der Waals surface area contributed by atoms with Crippen molar-refractivity contribution in [2.24, 2.45) is 0 Å². The summed E-state index contributed by atoms with van der Waals surface area (Å²) >= 11 is 0. The smallest absolute Gasteiger partial charge is 0.336 e. The number of alkyl halides is 6. The zero-order valence-corrected chi connectivity index (χ0v) is 16.6. The molecule has 170 valence electrons. The predicted octanol–water partition coefficient (Wildman–Crippen LogP) is 4.72. The van der Waals surface area contributed by atoms with E-state index in [9.17, 15) is 35.9 Å². The van der Waals surface area contributed by atoms with Crippen LogP contribution < -0.4 is 0 Å². The standard InChI is InChI=1S/C22H18F6N2O2/c23-21(24,25)17-6-1-15(2-7-17)3-10-19(31)29-11-13-30(14-12-29)20(32)16-4-8-18(9-5-16)22(26,27)28/h1-10H,11-14H2/b10-3+. The maximum absolute atomic E-state index is 12.6. The van der Waals surface area contributed by atoms with Crippen molar-refractivity contribution in [3.8, 4) is 0 Å². The Kier molecular flexibility index (Phi) is 6.61. The van der Waals surface area contributed by atoms with E-state index < -0.39 is 29.4 Å². The first-order chi connectivity index (χ1) is 14.9. The number of carbonyl (C=O) groups excluding carboxylic acids is 2. The molecule has 0 N–H and O–H groups in total. The second kappa shape index (κ2) is 9.05. The van der Waals surface area contributed by atoms with Crippen LogP contribution >= 0.6 is 0 Å². The van der Waals surface area contributed by atoms with E-state index in [1.807, 2.05) is 0 Å². The highest BCUT2D eigenvalue weighted by molar-refractivity contribution is 5.95. The molecule has 3 rings (SSSR count). The molecular weight excluding hydrogens is 438 g/mol. The highest BCUT2D eigenvalue weighted by Crippen LogP contribution is 2.30. The summed E-state index contributed by atoms with van der Waals surface area (Å²) in [6.07, 6.45) is -6.27. The molecule has 2 amide bonds. The van der Waals surface area contributed by atoms with Gasteiger partial charge in [0, 0.05) is 37.8 Å². The third-order valence-electron chi connectivity index (χ3n) is 4.99. The van der Waals surface area contributed by atoms with Crippen LogP contribution in [-0.4, -0.2) is 47.8 Å². The van der Waals surface area contributed by atoms with Crippen LogP contribution in [0.5, 0.6) is 0 Å². The van der Waals surface area contributed by atoms with Crippen LogP contribution in [0.4, 0.5) is 26.3 Å². The van der Waals surface area contributed by atoms with E-state index in [1.165, 1.54) is 34.1 Å². The van der Waals surface area contributed by atoms with Gasteiger partial charge in [-0.2, -0.15) is 26.3 Å². The van der Waals surface area contributed by atoms with Gasteiger partial charge in [-0.1, -0.05) is 12.1 Å². The molecule has 0 saturated carbocycles. The number of halogens is 6. The van der Waals surface area contributed by atoms with Crippen molar-refractivity contribution in [1.82, 2.24) is 9.80 Å². The Balaban J connectivity index is 1.54. The van der Waals surface area contributed by atoms with Crippen molar-refractivity contribution in [3.63, 3.8) is 0 Å². The number of benzene rings is 2. The van der Waals surface area contributed by atoms with Gasteiger partial charge < -0.3 is 9.80 Å². The molecule has 4 nitrogen and oxygen atoms in total. The first-order valence-electron chi connectivity index (χ1n) is 9.56. The molecule has 0 aliphatic carbocycles. The highest BCUT2D eigenvalue weighted by Gasteiger charge is 2.31. The van der Waals surface area contributed by atoms with Gasteiger partial charge in [-0.15, -0.1) is 0 Å². The van der Waals surface area contributed by atoms with Crippen LogP contribution in [0.25, 0.3) is 6.08 Å². The van der Waals surface area contributed by atoms with E-state index in [0.29, 0.717) is 5.56 Å². The van der Waals surface area contributed by atoms with Gasteiger partial charge in [0.1, 0.15) is 0 Å². The Morgan fingerprint density at radius 1 is 0.688 bits per heavy atom. The molecular formula is C22H18F6N2O2. The molecule has 1 aliphatic heterocycles. The van der Waals surface area contributed by atoms with Crippen LogP contribution in [0.3, 0.4) is 0 Å². The van der Waals surface area contributed by atoms with E-state index in [0.717, 1.165) is 36.4 Å². The number of nitrogens with zero attached hydrogens (tertiary/aromatic N) is 2. The molecule has 10 heteroatoms. The molecule has 1 heterocycles. The summed E-state index contributed by atoms with van der Waals surface area (Å²) in [5, 5.41) is 0. The Morgan fingerprint density at radius 3 is 1.59 bits per heavy atom. The molecule has 2 aromatic carbocycles. The van der Waals surface area contributed by atoms with Crippen LogP contribution in [0.15, 0.2) is 54.6 Å². The summed E-state index contributed by atoms with van der Waals surface area (Å²) in [5.41, 5.74) is -1.07. The van der Waals surface area contributed by atoms with Crippen LogP contribution in [0.1, 0.15) is 27.0 Å². The largest absolute Gasteiger partial charge is 0.416 e. The van der Waals surface area contributed by atoms with Crippen molar-refractivity contribution in [1.29, 1.82) is 0 Å². The molecule has 0 unspecified atom stereocenters. The number of rotatable bonds is 3. The molecule has 0 atom stereocenters. The minimum atomic E-state index is -4.48. The van der Waals surface area contributed by atoms with Gasteiger partial charge in [-0.05, 0) is 48.0 Å². The Labute approximate surface area is 179 Å². The lowest BCUT2D eigenvalue weighted by atomic mass is 10.1. The average Bonchev–Trinajstić information content (AvgIpc) is 2.76. The SMILES string of the molecule is O=C(/C=C/c1ccc(C(F)(F)F)cc1)N1CCN(C(=O)c2ccc(C(F)(F)F)cc2)CC1. The molecule has 32 heavy (non-hydrogen) atoms. The summed E-state index contributed by atoms with van der Waals surface area (Å²) in [5.74, 6) is -0.780. The molecule has 0 aromatic heterocycles. The van der Waals surface area contributed by atoms with Crippen LogP contribution in [0, 0.1) is 0 Å². The quantitative estimate of drug-likeness (QED) is 0.496. The average molecular weight is 456 g/mol. The minimum absolute atomic E-state index is 0.125. The van der Waals surface area contributed by atoms with Gasteiger partial charge in [0.15, 0.2) is 0 Å². The fourth-order valence-electron chi connectivity index (χ4n) is 3.17. The first-order valence-corrected chi connectivity index (χ1v) is 9.56.